The number of carboxylic acid groups (broad SMARTS) is 1. The van der Waals surface area contributed by atoms with Crippen LogP contribution >= 0.6 is 0 Å². The van der Waals surface area contributed by atoms with Crippen molar-refractivity contribution in [2.45, 2.75) is 25.4 Å². The van der Waals surface area contributed by atoms with E-state index in [1.54, 1.807) is 30.3 Å². The quantitative estimate of drug-likeness (QED) is 0.178. The fourth-order valence-electron chi connectivity index (χ4n) is 4.11. The second-order valence-electron chi connectivity index (χ2n) is 8.30. The van der Waals surface area contributed by atoms with E-state index in [4.69, 9.17) is 10.2 Å². The van der Waals surface area contributed by atoms with Gasteiger partial charge in [-0.3, -0.25) is 0 Å². The number of alkyl halides is 3. The number of benzene rings is 3. The molecule has 1 aliphatic rings. The molecule has 0 atom stereocenters. The van der Waals surface area contributed by atoms with Gasteiger partial charge in [-0.25, -0.2) is 9.18 Å². The zero-order valence-electron chi connectivity index (χ0n) is 18.4. The van der Waals surface area contributed by atoms with E-state index in [0.717, 1.165) is 17.8 Å². The molecule has 5 rings (SSSR count). The van der Waals surface area contributed by atoms with Crippen molar-refractivity contribution >= 4 is 16.7 Å². The van der Waals surface area contributed by atoms with Crippen LogP contribution in [0.25, 0.3) is 22.0 Å². The monoisotopic (exact) mass is 663 g/mol. The summed E-state index contributed by atoms with van der Waals surface area (Å²) >= 11 is 0. The largest absolute Gasteiger partial charge is 0.507 e. The minimum Gasteiger partial charge on any atom is -0.507 e. The summed E-state index contributed by atoms with van der Waals surface area (Å²) in [7, 11) is 0. The number of carboxylic acids is 1. The van der Waals surface area contributed by atoms with Gasteiger partial charge in [0.2, 0.25) is 0 Å². The zero-order valence-corrected chi connectivity index (χ0v) is 20.6. The number of carbonyl (C=O) groups is 1. The van der Waals surface area contributed by atoms with Gasteiger partial charge in [-0.1, -0.05) is 60.0 Å². The van der Waals surface area contributed by atoms with E-state index in [-0.39, 0.29) is 38.2 Å². The Morgan fingerprint density at radius 1 is 1.06 bits per heavy atom. The van der Waals surface area contributed by atoms with Gasteiger partial charge in [0, 0.05) is 32.7 Å². The molecular formula is C26H18F4NO3Pt-. The molecule has 4 aromatic rings. The smallest absolute Gasteiger partial charge is 0.417 e. The summed E-state index contributed by atoms with van der Waals surface area (Å²) in [6.07, 6.45) is -3.64. The van der Waals surface area contributed by atoms with Crippen LogP contribution in [0.4, 0.5) is 17.6 Å². The molecule has 3 aromatic carbocycles. The summed E-state index contributed by atoms with van der Waals surface area (Å²) in [5.74, 6) is -1.68. The normalized spacial score (nSPS) is 13.2. The van der Waals surface area contributed by atoms with Crippen molar-refractivity contribution in [2.24, 2.45) is 0 Å². The molecule has 0 saturated carbocycles. The van der Waals surface area contributed by atoms with Crippen LogP contribution in [-0.4, -0.2) is 21.2 Å². The number of pyridine rings is 1. The Morgan fingerprint density at radius 2 is 1.74 bits per heavy atom. The SMILES string of the molecule is CC1(C)c2cc(C(F)(F)F)cnc2-c2[c-]ccc3c(F)ccc1c23.O=C(O)c1ccccc1O.[Pt]. The maximum absolute atomic E-state index is 14.2. The van der Waals surface area contributed by atoms with E-state index in [0.29, 0.717) is 27.6 Å². The van der Waals surface area contributed by atoms with Gasteiger partial charge >= 0.3 is 12.1 Å². The van der Waals surface area contributed by atoms with Crippen molar-refractivity contribution in [3.8, 4) is 17.0 Å². The van der Waals surface area contributed by atoms with Crippen LogP contribution < -0.4 is 0 Å². The predicted molar refractivity (Wildman–Crippen MR) is 118 cm³/mol. The van der Waals surface area contributed by atoms with Crippen LogP contribution in [0.5, 0.6) is 5.75 Å². The maximum atomic E-state index is 14.2. The van der Waals surface area contributed by atoms with E-state index in [1.807, 2.05) is 13.8 Å². The summed E-state index contributed by atoms with van der Waals surface area (Å²) in [5, 5.41) is 18.4. The Hall–Kier alpha value is -3.25. The van der Waals surface area contributed by atoms with E-state index < -0.39 is 23.1 Å². The van der Waals surface area contributed by atoms with Crippen LogP contribution in [0.15, 0.2) is 60.8 Å². The van der Waals surface area contributed by atoms with E-state index in [9.17, 15) is 22.4 Å². The van der Waals surface area contributed by atoms with Gasteiger partial charge in [0.25, 0.3) is 0 Å². The number of hydrogen-bond donors (Lipinski definition) is 2. The number of phenols is 1. The number of rotatable bonds is 1. The molecule has 1 heterocycles. The standard InChI is InChI=1S/C19H12F4N.C7H6O3.Pt/c1-18(2)13-6-7-15(20)11-4-3-5-12(16(11)13)17-14(18)8-10(9-24-17)19(21,22)23;8-6-4-2-1-3-5(6)7(9)10;/h3-4,6-9H,1-2H3;1-4,8H,(H,9,10);/q-1;;. The summed E-state index contributed by atoms with van der Waals surface area (Å²) in [6.45, 7) is 3.66. The molecule has 35 heavy (non-hydrogen) atoms. The number of aromatic hydroxyl groups is 1. The summed E-state index contributed by atoms with van der Waals surface area (Å²) < 4.78 is 53.4. The minimum atomic E-state index is -4.46. The number of fused-ring (bicyclic) bond motifs is 2. The van der Waals surface area contributed by atoms with Gasteiger partial charge in [-0.2, -0.15) is 13.2 Å². The Morgan fingerprint density at radius 3 is 2.34 bits per heavy atom. The van der Waals surface area contributed by atoms with Crippen molar-refractivity contribution in [3.05, 3.63) is 94.9 Å². The minimum absolute atomic E-state index is 0. The van der Waals surface area contributed by atoms with Gasteiger partial charge in [0.15, 0.2) is 0 Å². The van der Waals surface area contributed by atoms with Crippen LogP contribution in [0, 0.1) is 11.9 Å². The summed E-state index contributed by atoms with van der Waals surface area (Å²) in [4.78, 5) is 14.3. The van der Waals surface area contributed by atoms with E-state index in [2.05, 4.69) is 11.1 Å². The molecule has 2 N–H and O–H groups in total. The first-order valence-corrected chi connectivity index (χ1v) is 10.2. The molecule has 9 heteroatoms. The molecule has 0 aliphatic heterocycles. The molecule has 0 fully saturated rings. The average molecular weight is 664 g/mol. The van der Waals surface area contributed by atoms with Gasteiger partial charge in [-0.15, -0.1) is 23.8 Å². The van der Waals surface area contributed by atoms with Crippen molar-refractivity contribution < 1.29 is 53.6 Å². The molecule has 1 aromatic heterocycles. The third-order valence-electron chi connectivity index (χ3n) is 5.85. The molecule has 184 valence electrons. The second-order valence-corrected chi connectivity index (χ2v) is 8.30. The van der Waals surface area contributed by atoms with Crippen LogP contribution in [0.2, 0.25) is 0 Å². The summed E-state index contributed by atoms with van der Waals surface area (Å²) in [5.41, 5.74) is 0.647. The molecule has 1 aliphatic carbocycles. The molecule has 0 spiro atoms. The molecule has 0 amide bonds. The number of hydrogen-bond acceptors (Lipinski definition) is 3. The Labute approximate surface area is 212 Å². The van der Waals surface area contributed by atoms with Crippen molar-refractivity contribution in [2.75, 3.05) is 0 Å². The molecular weight excluding hydrogens is 645 g/mol. The molecule has 0 saturated heterocycles. The van der Waals surface area contributed by atoms with Crippen LogP contribution in [0.1, 0.15) is 40.9 Å². The van der Waals surface area contributed by atoms with Crippen LogP contribution in [-0.2, 0) is 32.7 Å². The third-order valence-corrected chi connectivity index (χ3v) is 5.85. The fraction of sp³-hybridized carbons (Fsp3) is 0.154. The second kappa shape index (κ2) is 9.42. The van der Waals surface area contributed by atoms with Crippen molar-refractivity contribution in [3.63, 3.8) is 0 Å². The number of halogens is 4. The molecule has 0 unspecified atom stereocenters. The van der Waals surface area contributed by atoms with Gasteiger partial charge in [0.1, 0.15) is 17.1 Å². The van der Waals surface area contributed by atoms with Crippen molar-refractivity contribution in [1.29, 1.82) is 0 Å². The van der Waals surface area contributed by atoms with Gasteiger partial charge in [-0.05, 0) is 23.9 Å². The Kier molecular flexibility index (Phi) is 7.09. The number of nitrogens with zero attached hydrogens (tertiary/aromatic N) is 1. The fourth-order valence-corrected chi connectivity index (χ4v) is 4.11. The first kappa shape index (κ1) is 26.4. The maximum Gasteiger partial charge on any atom is 0.417 e. The molecule has 0 bridgehead atoms. The Bertz CT molecular complexity index is 1430. The van der Waals surface area contributed by atoms with Gasteiger partial charge < -0.3 is 15.2 Å². The zero-order chi connectivity index (χ0) is 24.8. The molecule has 4 nitrogen and oxygen atoms in total. The topological polar surface area (TPSA) is 70.4 Å². The number of aromatic carboxylic acids is 1. The number of para-hydroxylation sites is 1. The predicted octanol–water partition coefficient (Wildman–Crippen LogP) is 6.59. The average Bonchev–Trinajstić information content (AvgIpc) is 2.78. The number of aromatic nitrogens is 1. The van der Waals surface area contributed by atoms with Crippen LogP contribution in [0.3, 0.4) is 0 Å². The third kappa shape index (κ3) is 4.67. The first-order chi connectivity index (χ1) is 15.9. The van der Waals surface area contributed by atoms with E-state index >= 15 is 0 Å². The van der Waals surface area contributed by atoms with Gasteiger partial charge in [0.05, 0.1) is 5.56 Å². The summed E-state index contributed by atoms with van der Waals surface area (Å²) in [6, 6.07) is 16.2. The Balaban J connectivity index is 0.000000264. The molecule has 0 radical (unpaired) electrons. The van der Waals surface area contributed by atoms with E-state index in [1.165, 1.54) is 18.2 Å². The first-order valence-electron chi connectivity index (χ1n) is 10.2. The van der Waals surface area contributed by atoms with Crippen molar-refractivity contribution in [1.82, 2.24) is 4.98 Å².